The van der Waals surface area contributed by atoms with Crippen molar-refractivity contribution in [1.29, 1.82) is 0 Å². The lowest BCUT2D eigenvalue weighted by Crippen LogP contribution is -2.65. The first-order chi connectivity index (χ1) is 18.7. The molecule has 0 bridgehead atoms. The van der Waals surface area contributed by atoms with Crippen molar-refractivity contribution in [2.24, 2.45) is 39.9 Å². The SMILES string of the molecule is CC(=O)O[C@H]1C[C@@]2(C)[C@H](C[C@@H](O)C3[C@@]4(C)CC[C@@H](O)[C@@H](C)C4CC[C@@]32C)C1=C(CCC=C(C)C)C(=O)OCCO. The number of ether oxygens (including phenoxy) is 2. The Morgan fingerprint density at radius 3 is 2.35 bits per heavy atom. The summed E-state index contributed by atoms with van der Waals surface area (Å²) in [5.74, 6) is -0.411. The third-order valence-corrected chi connectivity index (χ3v) is 11.9. The normalized spacial score (nSPS) is 43.6. The standard InChI is InChI=1S/C33H52O7/c1-19(2)9-8-10-22(30(38)39-16-15-34)28-24-17-26(37)29-31(5)13-12-25(36)20(3)23(31)11-14-32(29,6)33(24,7)18-27(28)40-21(4)35/h9,20,23-27,29,34,36-37H,8,10-18H2,1-7H3/t20-,23?,24+,25+,26+,27-,29?,31-,32-,33-/m0/s1. The van der Waals surface area contributed by atoms with Crippen LogP contribution in [0.3, 0.4) is 0 Å². The summed E-state index contributed by atoms with van der Waals surface area (Å²) in [5, 5.41) is 32.1. The number of aliphatic hydroxyl groups is 3. The van der Waals surface area contributed by atoms with E-state index in [2.05, 4.69) is 33.8 Å². The van der Waals surface area contributed by atoms with Gasteiger partial charge in [0.05, 0.1) is 18.8 Å². The van der Waals surface area contributed by atoms with Crippen molar-refractivity contribution < 1.29 is 34.4 Å². The van der Waals surface area contributed by atoms with E-state index in [4.69, 9.17) is 9.47 Å². The van der Waals surface area contributed by atoms with Crippen LogP contribution >= 0.6 is 0 Å². The molecule has 4 rings (SSSR count). The lowest BCUT2D eigenvalue weighted by molar-refractivity contribution is -0.234. The van der Waals surface area contributed by atoms with E-state index in [1.54, 1.807) is 0 Å². The van der Waals surface area contributed by atoms with E-state index < -0.39 is 18.2 Å². The maximum atomic E-state index is 13.5. The molecule has 3 N–H and O–H groups in total. The molecule has 0 radical (unpaired) electrons. The second-order valence-electron chi connectivity index (χ2n) is 14.2. The molecule has 2 unspecified atom stereocenters. The molecule has 0 spiro atoms. The summed E-state index contributed by atoms with van der Waals surface area (Å²) in [6.45, 7) is 14.2. The second-order valence-corrected chi connectivity index (χ2v) is 14.2. The number of aliphatic hydroxyl groups excluding tert-OH is 3. The highest BCUT2D eigenvalue weighted by atomic mass is 16.5. The Morgan fingerprint density at radius 1 is 1.02 bits per heavy atom. The summed E-state index contributed by atoms with van der Waals surface area (Å²) in [6, 6.07) is 0. The van der Waals surface area contributed by atoms with Crippen LogP contribution in [0.15, 0.2) is 22.8 Å². The summed E-state index contributed by atoms with van der Waals surface area (Å²) < 4.78 is 11.4. The van der Waals surface area contributed by atoms with Crippen LogP contribution < -0.4 is 0 Å². The molecule has 4 aliphatic rings. The molecule has 4 saturated carbocycles. The molecule has 0 aromatic heterocycles. The maximum Gasteiger partial charge on any atom is 0.334 e. The van der Waals surface area contributed by atoms with Gasteiger partial charge in [-0.25, -0.2) is 4.79 Å². The van der Waals surface area contributed by atoms with Crippen LogP contribution in [0.5, 0.6) is 0 Å². The van der Waals surface area contributed by atoms with Gasteiger partial charge in [-0.15, -0.1) is 0 Å². The molecule has 0 saturated heterocycles. The summed E-state index contributed by atoms with van der Waals surface area (Å²) in [6.07, 6.45) is 6.40. The molecule has 0 amide bonds. The van der Waals surface area contributed by atoms with Crippen molar-refractivity contribution in [1.82, 2.24) is 0 Å². The van der Waals surface area contributed by atoms with Crippen molar-refractivity contribution in [3.05, 3.63) is 22.8 Å². The fraction of sp³-hybridized carbons (Fsp3) is 0.818. The van der Waals surface area contributed by atoms with E-state index in [1.807, 2.05) is 13.8 Å². The number of allylic oxidation sites excluding steroid dienone is 2. The number of carbonyl (C=O) groups excluding carboxylic acids is 2. The third-order valence-electron chi connectivity index (χ3n) is 11.9. The predicted molar refractivity (Wildman–Crippen MR) is 153 cm³/mol. The fourth-order valence-corrected chi connectivity index (χ4v) is 10.0. The minimum absolute atomic E-state index is 0.0442. The Bertz CT molecular complexity index is 1040. The summed E-state index contributed by atoms with van der Waals surface area (Å²) >= 11 is 0. The smallest absolute Gasteiger partial charge is 0.334 e. The average molecular weight is 561 g/mol. The molecule has 4 aliphatic carbocycles. The summed E-state index contributed by atoms with van der Waals surface area (Å²) in [4.78, 5) is 25.9. The zero-order valence-electron chi connectivity index (χ0n) is 25.7. The van der Waals surface area contributed by atoms with E-state index in [0.29, 0.717) is 37.2 Å². The topological polar surface area (TPSA) is 113 Å². The highest BCUT2D eigenvalue weighted by Gasteiger charge is 2.70. The highest BCUT2D eigenvalue weighted by molar-refractivity contribution is 5.90. The molecule has 0 heterocycles. The minimum Gasteiger partial charge on any atom is -0.460 e. The lowest BCUT2D eigenvalue weighted by Gasteiger charge is -2.69. The van der Waals surface area contributed by atoms with Gasteiger partial charge in [-0.3, -0.25) is 4.79 Å². The van der Waals surface area contributed by atoms with Crippen LogP contribution in [0.25, 0.3) is 0 Å². The van der Waals surface area contributed by atoms with Crippen LogP contribution in [0.1, 0.15) is 99.8 Å². The van der Waals surface area contributed by atoms with E-state index >= 15 is 0 Å². The number of esters is 2. The first-order valence-electron chi connectivity index (χ1n) is 15.4. The first kappa shape index (κ1) is 31.2. The quantitative estimate of drug-likeness (QED) is 0.225. The Labute approximate surface area is 240 Å². The number of fused-ring (bicyclic) bond motifs is 5. The van der Waals surface area contributed by atoms with Crippen LogP contribution in [0.4, 0.5) is 0 Å². The maximum absolute atomic E-state index is 13.5. The van der Waals surface area contributed by atoms with Gasteiger partial charge in [0, 0.05) is 12.5 Å². The highest BCUT2D eigenvalue weighted by Crippen LogP contribution is 2.74. The van der Waals surface area contributed by atoms with Crippen LogP contribution in [-0.4, -0.2) is 58.8 Å². The Hall–Kier alpha value is -1.70. The van der Waals surface area contributed by atoms with Crippen LogP contribution in [0.2, 0.25) is 0 Å². The predicted octanol–water partition coefficient (Wildman–Crippen LogP) is 5.12. The summed E-state index contributed by atoms with van der Waals surface area (Å²) in [7, 11) is 0. The van der Waals surface area contributed by atoms with Gasteiger partial charge >= 0.3 is 11.9 Å². The van der Waals surface area contributed by atoms with E-state index in [1.165, 1.54) is 6.92 Å². The van der Waals surface area contributed by atoms with Gasteiger partial charge in [0.2, 0.25) is 0 Å². The molecule has 10 atom stereocenters. The van der Waals surface area contributed by atoms with Crippen LogP contribution in [0, 0.1) is 39.9 Å². The van der Waals surface area contributed by atoms with Gasteiger partial charge in [-0.2, -0.15) is 0 Å². The van der Waals surface area contributed by atoms with Crippen LogP contribution in [-0.2, 0) is 19.1 Å². The molecule has 226 valence electrons. The first-order valence-corrected chi connectivity index (χ1v) is 15.4. The van der Waals surface area contributed by atoms with Crippen molar-refractivity contribution in [3.63, 3.8) is 0 Å². The Balaban J connectivity index is 1.83. The van der Waals surface area contributed by atoms with Crippen molar-refractivity contribution >= 4 is 11.9 Å². The Kier molecular flexibility index (Phi) is 9.00. The fourth-order valence-electron chi connectivity index (χ4n) is 10.0. The zero-order chi connectivity index (χ0) is 29.6. The molecule has 0 aliphatic heterocycles. The number of hydrogen-bond donors (Lipinski definition) is 3. The number of rotatable bonds is 7. The zero-order valence-corrected chi connectivity index (χ0v) is 25.7. The van der Waals surface area contributed by atoms with E-state index in [0.717, 1.165) is 36.8 Å². The van der Waals surface area contributed by atoms with Crippen molar-refractivity contribution in [2.45, 2.75) is 118 Å². The monoisotopic (exact) mass is 560 g/mol. The van der Waals surface area contributed by atoms with E-state index in [-0.39, 0.29) is 59.3 Å². The lowest BCUT2D eigenvalue weighted by atomic mass is 9.36. The van der Waals surface area contributed by atoms with Gasteiger partial charge in [-0.05, 0) is 111 Å². The molecule has 7 heteroatoms. The van der Waals surface area contributed by atoms with Gasteiger partial charge in [-0.1, -0.05) is 39.3 Å². The molecule has 7 nitrogen and oxygen atoms in total. The van der Waals surface area contributed by atoms with Gasteiger partial charge in [0.15, 0.2) is 0 Å². The van der Waals surface area contributed by atoms with Gasteiger partial charge < -0.3 is 24.8 Å². The molecule has 0 aromatic rings. The minimum atomic E-state index is -0.572. The summed E-state index contributed by atoms with van der Waals surface area (Å²) in [5.41, 5.74) is 1.83. The van der Waals surface area contributed by atoms with Gasteiger partial charge in [0.1, 0.15) is 12.7 Å². The van der Waals surface area contributed by atoms with Crippen molar-refractivity contribution in [3.8, 4) is 0 Å². The molecule has 4 fully saturated rings. The number of hydrogen-bond acceptors (Lipinski definition) is 7. The van der Waals surface area contributed by atoms with E-state index in [9.17, 15) is 24.9 Å². The molecule has 0 aromatic carbocycles. The molecular weight excluding hydrogens is 508 g/mol. The second kappa shape index (κ2) is 11.5. The van der Waals surface area contributed by atoms with Gasteiger partial charge in [0.25, 0.3) is 0 Å². The average Bonchev–Trinajstić information content (AvgIpc) is 3.14. The Morgan fingerprint density at radius 2 is 1.73 bits per heavy atom. The number of carbonyl (C=O) groups is 2. The molecule has 40 heavy (non-hydrogen) atoms. The van der Waals surface area contributed by atoms with Crippen molar-refractivity contribution in [2.75, 3.05) is 13.2 Å². The third kappa shape index (κ3) is 5.09. The largest absolute Gasteiger partial charge is 0.460 e. The molecular formula is C33H52O7.